The molecule has 2 heterocycles. The first-order chi connectivity index (χ1) is 13.2. The van der Waals surface area contributed by atoms with E-state index >= 15 is 0 Å². The van der Waals surface area contributed by atoms with Crippen molar-refractivity contribution in [1.29, 1.82) is 0 Å². The molecule has 0 fully saturated rings. The molecule has 0 amide bonds. The molecule has 0 atom stereocenters. The van der Waals surface area contributed by atoms with Gasteiger partial charge in [-0.25, -0.2) is 4.40 Å². The number of hydrogen-bond acceptors (Lipinski definition) is 6. The second kappa shape index (κ2) is 7.20. The van der Waals surface area contributed by atoms with Crippen molar-refractivity contribution in [3.63, 3.8) is 0 Å². The number of benzene rings is 2. The third-order valence-electron chi connectivity index (χ3n) is 4.07. The molecule has 0 spiro atoms. The topological polar surface area (TPSA) is 65.7 Å². The maximum Gasteiger partial charge on any atom is 0.276 e. The molecule has 0 bridgehead atoms. The van der Waals surface area contributed by atoms with Crippen molar-refractivity contribution in [1.82, 2.24) is 14.6 Å². The SMILES string of the molecule is CCOc1ccc(/C=c2/sc3nnc(-c4ccccc4)n3c2=O)cc1OC. The van der Waals surface area contributed by atoms with E-state index < -0.39 is 0 Å². The van der Waals surface area contributed by atoms with Gasteiger partial charge in [-0.2, -0.15) is 0 Å². The van der Waals surface area contributed by atoms with Gasteiger partial charge in [0.05, 0.1) is 18.2 Å². The van der Waals surface area contributed by atoms with Crippen LogP contribution in [0.3, 0.4) is 0 Å². The second-order valence-electron chi connectivity index (χ2n) is 5.77. The average Bonchev–Trinajstić information content (AvgIpc) is 3.24. The molecule has 6 nitrogen and oxygen atoms in total. The predicted octanol–water partition coefficient (Wildman–Crippen LogP) is 2.77. The zero-order valence-corrected chi connectivity index (χ0v) is 15.7. The van der Waals surface area contributed by atoms with Crippen LogP contribution in [0.5, 0.6) is 11.5 Å². The molecule has 0 saturated heterocycles. The van der Waals surface area contributed by atoms with Gasteiger partial charge in [-0.05, 0) is 30.7 Å². The van der Waals surface area contributed by atoms with Gasteiger partial charge in [-0.3, -0.25) is 4.79 Å². The first kappa shape index (κ1) is 17.2. The van der Waals surface area contributed by atoms with Gasteiger partial charge in [0.1, 0.15) is 0 Å². The van der Waals surface area contributed by atoms with Gasteiger partial charge in [0, 0.05) is 5.56 Å². The molecule has 0 aliphatic rings. The number of hydrogen-bond donors (Lipinski definition) is 0. The summed E-state index contributed by atoms with van der Waals surface area (Å²) >= 11 is 1.31. The minimum Gasteiger partial charge on any atom is -0.493 e. The van der Waals surface area contributed by atoms with Crippen molar-refractivity contribution >= 4 is 22.4 Å². The first-order valence-corrected chi connectivity index (χ1v) is 9.29. The highest BCUT2D eigenvalue weighted by Crippen LogP contribution is 2.28. The van der Waals surface area contributed by atoms with E-state index in [1.54, 1.807) is 11.5 Å². The van der Waals surface area contributed by atoms with Crippen molar-refractivity contribution in [3.8, 4) is 22.9 Å². The standard InChI is InChI=1S/C20H17N3O3S/c1-3-26-15-10-9-13(11-16(15)25-2)12-17-19(24)23-18(21-22-20(23)27-17)14-7-5-4-6-8-14/h4-12H,3H2,1-2H3/b17-12+. The van der Waals surface area contributed by atoms with Crippen LogP contribution in [0.2, 0.25) is 0 Å². The summed E-state index contributed by atoms with van der Waals surface area (Å²) in [5.41, 5.74) is 1.58. The van der Waals surface area contributed by atoms with Gasteiger partial charge >= 0.3 is 0 Å². The van der Waals surface area contributed by atoms with Crippen LogP contribution in [-0.2, 0) is 0 Å². The fourth-order valence-electron chi connectivity index (χ4n) is 2.84. The summed E-state index contributed by atoms with van der Waals surface area (Å²) in [7, 11) is 1.59. The Bertz CT molecular complexity index is 1200. The van der Waals surface area contributed by atoms with Crippen molar-refractivity contribution in [2.24, 2.45) is 0 Å². The molecule has 0 aliphatic heterocycles. The van der Waals surface area contributed by atoms with E-state index in [4.69, 9.17) is 9.47 Å². The zero-order valence-electron chi connectivity index (χ0n) is 14.9. The number of rotatable bonds is 5. The molecule has 0 saturated carbocycles. The van der Waals surface area contributed by atoms with E-state index in [0.717, 1.165) is 11.1 Å². The molecular weight excluding hydrogens is 362 g/mol. The molecule has 0 radical (unpaired) electrons. The molecular formula is C20H17N3O3S. The van der Waals surface area contributed by atoms with E-state index in [1.807, 2.05) is 61.5 Å². The Hall–Kier alpha value is -3.19. The Morgan fingerprint density at radius 2 is 1.93 bits per heavy atom. The summed E-state index contributed by atoms with van der Waals surface area (Å²) in [4.78, 5) is 13.5. The lowest BCUT2D eigenvalue weighted by Crippen LogP contribution is -2.23. The van der Waals surface area contributed by atoms with E-state index in [-0.39, 0.29) is 5.56 Å². The van der Waals surface area contributed by atoms with Crippen molar-refractivity contribution in [2.45, 2.75) is 6.92 Å². The number of fused-ring (bicyclic) bond motifs is 1. The third kappa shape index (κ3) is 3.17. The monoisotopic (exact) mass is 379 g/mol. The molecule has 0 unspecified atom stereocenters. The number of nitrogens with zero attached hydrogens (tertiary/aromatic N) is 3. The quantitative estimate of drug-likeness (QED) is 0.533. The minimum atomic E-state index is -0.133. The van der Waals surface area contributed by atoms with Crippen molar-refractivity contribution in [2.75, 3.05) is 13.7 Å². The first-order valence-electron chi connectivity index (χ1n) is 8.47. The summed E-state index contributed by atoms with van der Waals surface area (Å²) < 4.78 is 13.1. The fourth-order valence-corrected chi connectivity index (χ4v) is 3.75. The minimum absolute atomic E-state index is 0.133. The van der Waals surface area contributed by atoms with Gasteiger partial charge in [-0.1, -0.05) is 47.7 Å². The molecule has 7 heteroatoms. The van der Waals surface area contributed by atoms with E-state index in [0.29, 0.717) is 33.4 Å². The number of methoxy groups -OCH3 is 1. The number of thiazole rings is 1. The molecule has 4 rings (SSSR count). The summed E-state index contributed by atoms with van der Waals surface area (Å²) in [5.74, 6) is 1.86. The molecule has 0 N–H and O–H groups in total. The number of aromatic nitrogens is 3. The van der Waals surface area contributed by atoms with Crippen LogP contribution in [0.4, 0.5) is 0 Å². The summed E-state index contributed by atoms with van der Waals surface area (Å²) in [6.07, 6.45) is 1.83. The molecule has 136 valence electrons. The fraction of sp³-hybridized carbons (Fsp3) is 0.150. The van der Waals surface area contributed by atoms with E-state index in [1.165, 1.54) is 11.3 Å². The largest absolute Gasteiger partial charge is 0.493 e. The van der Waals surface area contributed by atoms with Crippen LogP contribution in [0.1, 0.15) is 12.5 Å². The van der Waals surface area contributed by atoms with Crippen molar-refractivity contribution < 1.29 is 9.47 Å². The lowest BCUT2D eigenvalue weighted by molar-refractivity contribution is 0.311. The average molecular weight is 379 g/mol. The van der Waals surface area contributed by atoms with Gasteiger partial charge in [0.2, 0.25) is 4.96 Å². The molecule has 2 aromatic carbocycles. The lowest BCUT2D eigenvalue weighted by atomic mass is 10.2. The smallest absolute Gasteiger partial charge is 0.276 e. The van der Waals surface area contributed by atoms with Crippen LogP contribution in [0, 0.1) is 0 Å². The molecule has 0 aliphatic carbocycles. The molecule has 27 heavy (non-hydrogen) atoms. The van der Waals surface area contributed by atoms with Crippen LogP contribution >= 0.6 is 11.3 Å². The van der Waals surface area contributed by atoms with Crippen molar-refractivity contribution in [3.05, 3.63) is 69.0 Å². The molecule has 4 aromatic rings. The third-order valence-corrected chi connectivity index (χ3v) is 5.02. The summed E-state index contributed by atoms with van der Waals surface area (Å²) in [5, 5.41) is 8.32. The second-order valence-corrected chi connectivity index (χ2v) is 6.78. The van der Waals surface area contributed by atoms with Crippen LogP contribution < -0.4 is 19.6 Å². The van der Waals surface area contributed by atoms with Gasteiger partial charge < -0.3 is 9.47 Å². The van der Waals surface area contributed by atoms with E-state index in [9.17, 15) is 4.79 Å². The van der Waals surface area contributed by atoms with Gasteiger partial charge in [-0.15, -0.1) is 10.2 Å². The van der Waals surface area contributed by atoms with Crippen LogP contribution in [-0.4, -0.2) is 28.3 Å². The summed E-state index contributed by atoms with van der Waals surface area (Å²) in [6.45, 7) is 2.48. The van der Waals surface area contributed by atoms with Crippen LogP contribution in [0.25, 0.3) is 22.4 Å². The highest BCUT2D eigenvalue weighted by atomic mass is 32.1. The normalized spacial score (nSPS) is 11.9. The maximum atomic E-state index is 12.9. The highest BCUT2D eigenvalue weighted by molar-refractivity contribution is 7.15. The maximum absolute atomic E-state index is 12.9. The highest BCUT2D eigenvalue weighted by Gasteiger charge is 2.14. The predicted molar refractivity (Wildman–Crippen MR) is 106 cm³/mol. The Morgan fingerprint density at radius 3 is 2.67 bits per heavy atom. The Labute approximate surface area is 159 Å². The molecule has 2 aromatic heterocycles. The Morgan fingerprint density at radius 1 is 1.11 bits per heavy atom. The Kier molecular flexibility index (Phi) is 4.60. The number of ether oxygens (including phenoxy) is 2. The summed E-state index contributed by atoms with van der Waals surface area (Å²) in [6, 6.07) is 15.1. The van der Waals surface area contributed by atoms with Crippen LogP contribution in [0.15, 0.2) is 53.3 Å². The van der Waals surface area contributed by atoms with Gasteiger partial charge in [0.15, 0.2) is 17.3 Å². The van der Waals surface area contributed by atoms with E-state index in [2.05, 4.69) is 10.2 Å². The zero-order chi connectivity index (χ0) is 18.8. The van der Waals surface area contributed by atoms with Gasteiger partial charge in [0.25, 0.3) is 5.56 Å². The lowest BCUT2D eigenvalue weighted by Gasteiger charge is -2.09. The Balaban J connectivity index is 1.82.